The summed E-state index contributed by atoms with van der Waals surface area (Å²) in [5.41, 5.74) is -0.791. The van der Waals surface area contributed by atoms with Crippen LogP contribution in [0.2, 0.25) is 0 Å². The highest BCUT2D eigenvalue weighted by Crippen LogP contribution is 2.32. The molecule has 1 aliphatic heterocycles. The number of carboxylic acids is 3. The fourth-order valence-corrected chi connectivity index (χ4v) is 3.80. The summed E-state index contributed by atoms with van der Waals surface area (Å²) in [5.74, 6) is -5.11. The summed E-state index contributed by atoms with van der Waals surface area (Å²) in [6.07, 6.45) is -5.60. The lowest BCUT2D eigenvalue weighted by Gasteiger charge is -2.20. The number of hydrogen-bond acceptors (Lipinski definition) is 12. The van der Waals surface area contributed by atoms with Crippen molar-refractivity contribution in [1.29, 1.82) is 0 Å². The molecule has 4 atom stereocenters. The number of imidazole rings is 1. The van der Waals surface area contributed by atoms with Crippen molar-refractivity contribution in [3.8, 4) is 0 Å². The van der Waals surface area contributed by atoms with Crippen molar-refractivity contribution >= 4 is 53.1 Å². The summed E-state index contributed by atoms with van der Waals surface area (Å²) in [4.78, 5) is 92.7. The lowest BCUT2D eigenvalue weighted by atomic mass is 10.1. The van der Waals surface area contributed by atoms with Crippen LogP contribution in [0.1, 0.15) is 39.3 Å². The van der Waals surface area contributed by atoms with Gasteiger partial charge in [0.05, 0.1) is 6.33 Å². The van der Waals surface area contributed by atoms with Gasteiger partial charge in [-0.1, -0.05) is 13.8 Å². The van der Waals surface area contributed by atoms with E-state index in [1.807, 2.05) is 10.6 Å². The maximum atomic E-state index is 12.5. The third kappa shape index (κ3) is 8.86. The van der Waals surface area contributed by atoms with E-state index in [0.29, 0.717) is 0 Å². The van der Waals surface area contributed by atoms with E-state index in [1.165, 1.54) is 10.9 Å². The number of aromatic nitrogens is 4. The first-order valence-electron chi connectivity index (χ1n) is 12.7. The number of anilines is 1. The number of carboxylic acid groups (broad SMARTS) is 3. The minimum absolute atomic E-state index is 0.0103. The second kappa shape index (κ2) is 14.1. The molecule has 2 aromatic rings. The van der Waals surface area contributed by atoms with E-state index in [4.69, 9.17) is 24.4 Å². The molecule has 3 heterocycles. The van der Waals surface area contributed by atoms with E-state index in [1.54, 1.807) is 13.8 Å². The Hall–Kier alpha value is -5.27. The minimum atomic E-state index is -1.57. The van der Waals surface area contributed by atoms with Gasteiger partial charge in [0.15, 0.2) is 11.2 Å². The fourth-order valence-electron chi connectivity index (χ4n) is 3.80. The number of aliphatic carboxylic acids is 3. The quantitative estimate of drug-likeness (QED) is 0.146. The molecule has 0 bridgehead atoms. The van der Waals surface area contributed by atoms with Crippen LogP contribution in [-0.2, 0) is 33.4 Å². The van der Waals surface area contributed by atoms with Gasteiger partial charge < -0.3 is 40.2 Å². The molecule has 1 unspecified atom stereocenters. The molecule has 20 heteroatoms. The van der Waals surface area contributed by atoms with E-state index in [2.05, 4.69) is 20.3 Å². The van der Waals surface area contributed by atoms with Crippen molar-refractivity contribution in [3.63, 3.8) is 0 Å². The Morgan fingerprint density at radius 2 is 1.86 bits per heavy atom. The topological polar surface area (TPSA) is 290 Å². The molecule has 3 amide bonds. The van der Waals surface area contributed by atoms with E-state index in [-0.39, 0.29) is 23.5 Å². The number of nitrogens with one attached hydrogen (secondary N) is 4. The standard InChI is InChI=1S/C23H29N7O13/c1-9(2)18(35)28-21-27-17-16(19(36)29-21)25-8-30(17)13-5-11(43-22(39)24-6-15(33)34)12(42-13)7-41-23(40)26-10(20(37)38)3-4-14(31)32/h8-13H,3-7H2,1-2H3,(H,24,39)(H,26,40)(H,31,32)(H,33,34)(H,37,38)(H2,27,28,29,35,36)/t10?,11-,12+,13+/m0/s1. The second-order valence-corrected chi connectivity index (χ2v) is 9.50. The lowest BCUT2D eigenvalue weighted by molar-refractivity contribution is -0.141. The maximum Gasteiger partial charge on any atom is 0.408 e. The van der Waals surface area contributed by atoms with Gasteiger partial charge in [-0.15, -0.1) is 0 Å². The Morgan fingerprint density at radius 3 is 2.49 bits per heavy atom. The highest BCUT2D eigenvalue weighted by atomic mass is 16.6. The first-order chi connectivity index (χ1) is 20.2. The number of rotatable bonds is 13. The molecule has 7 N–H and O–H groups in total. The van der Waals surface area contributed by atoms with Gasteiger partial charge >= 0.3 is 30.1 Å². The molecule has 234 valence electrons. The predicted molar refractivity (Wildman–Crippen MR) is 139 cm³/mol. The summed E-state index contributed by atoms with van der Waals surface area (Å²) in [6, 6.07) is -1.57. The monoisotopic (exact) mass is 611 g/mol. The molecular weight excluding hydrogens is 582 g/mol. The smallest absolute Gasteiger partial charge is 0.408 e. The van der Waals surface area contributed by atoms with Crippen molar-refractivity contribution in [2.75, 3.05) is 18.5 Å². The van der Waals surface area contributed by atoms with Gasteiger partial charge in [-0.05, 0) is 6.42 Å². The number of aromatic amines is 1. The number of ether oxygens (including phenoxy) is 3. The third-order valence-electron chi connectivity index (χ3n) is 5.95. The van der Waals surface area contributed by atoms with Crippen LogP contribution in [0.15, 0.2) is 11.1 Å². The average molecular weight is 612 g/mol. The van der Waals surface area contributed by atoms with Crippen LogP contribution in [0.5, 0.6) is 0 Å². The summed E-state index contributed by atoms with van der Waals surface area (Å²) in [6.45, 7) is 1.92. The number of hydrogen-bond donors (Lipinski definition) is 7. The number of alkyl carbamates (subject to hydrolysis) is 2. The molecule has 43 heavy (non-hydrogen) atoms. The highest BCUT2D eigenvalue weighted by Gasteiger charge is 2.41. The van der Waals surface area contributed by atoms with Crippen LogP contribution in [-0.4, -0.2) is 102 Å². The van der Waals surface area contributed by atoms with E-state index in [9.17, 15) is 38.7 Å². The van der Waals surface area contributed by atoms with Crippen LogP contribution in [0, 0.1) is 5.92 Å². The first kappa shape index (κ1) is 32.2. The normalized spacial score (nSPS) is 18.5. The number of carbonyl (C=O) groups excluding carboxylic acids is 3. The Balaban J connectivity index is 1.79. The Labute approximate surface area is 240 Å². The molecule has 1 saturated heterocycles. The number of H-pyrrole nitrogens is 1. The molecule has 0 aromatic carbocycles. The number of nitrogens with zero attached hydrogens (tertiary/aromatic N) is 3. The second-order valence-electron chi connectivity index (χ2n) is 9.50. The van der Waals surface area contributed by atoms with Gasteiger partial charge in [-0.3, -0.25) is 34.0 Å². The zero-order valence-corrected chi connectivity index (χ0v) is 22.8. The van der Waals surface area contributed by atoms with Crippen molar-refractivity contribution < 1.29 is 58.3 Å². The zero-order chi connectivity index (χ0) is 31.8. The van der Waals surface area contributed by atoms with Gasteiger partial charge in [0, 0.05) is 18.8 Å². The average Bonchev–Trinajstić information content (AvgIpc) is 3.52. The molecule has 0 aliphatic carbocycles. The van der Waals surface area contributed by atoms with Crippen LogP contribution in [0.4, 0.5) is 15.5 Å². The number of carbonyl (C=O) groups is 6. The van der Waals surface area contributed by atoms with Gasteiger partial charge in [-0.25, -0.2) is 19.4 Å². The van der Waals surface area contributed by atoms with E-state index >= 15 is 0 Å². The van der Waals surface area contributed by atoms with Crippen molar-refractivity contribution in [3.05, 3.63) is 16.7 Å². The molecule has 0 spiro atoms. The summed E-state index contributed by atoms with van der Waals surface area (Å²) in [7, 11) is 0. The summed E-state index contributed by atoms with van der Waals surface area (Å²) >= 11 is 0. The number of fused-ring (bicyclic) bond motifs is 1. The first-order valence-corrected chi connectivity index (χ1v) is 12.7. The molecule has 2 aromatic heterocycles. The number of amides is 3. The molecular formula is C23H29N7O13. The van der Waals surface area contributed by atoms with Crippen LogP contribution >= 0.6 is 0 Å². The lowest BCUT2D eigenvalue weighted by Crippen LogP contribution is -2.43. The highest BCUT2D eigenvalue weighted by molar-refractivity contribution is 5.91. The maximum absolute atomic E-state index is 12.5. The largest absolute Gasteiger partial charge is 0.481 e. The van der Waals surface area contributed by atoms with Gasteiger partial charge in [0.2, 0.25) is 11.9 Å². The summed E-state index contributed by atoms with van der Waals surface area (Å²) in [5, 5.41) is 33.3. The summed E-state index contributed by atoms with van der Waals surface area (Å²) < 4.78 is 17.5. The predicted octanol–water partition coefficient (Wildman–Crippen LogP) is -0.775. The third-order valence-corrected chi connectivity index (χ3v) is 5.95. The molecule has 1 fully saturated rings. The zero-order valence-electron chi connectivity index (χ0n) is 22.8. The van der Waals surface area contributed by atoms with Gasteiger partial charge in [0.1, 0.15) is 37.6 Å². The Kier molecular flexibility index (Phi) is 10.6. The minimum Gasteiger partial charge on any atom is -0.481 e. The molecule has 0 saturated carbocycles. The van der Waals surface area contributed by atoms with Crippen molar-refractivity contribution in [2.45, 2.75) is 57.6 Å². The van der Waals surface area contributed by atoms with Gasteiger partial charge in [0.25, 0.3) is 5.56 Å². The van der Waals surface area contributed by atoms with Crippen molar-refractivity contribution in [2.24, 2.45) is 5.92 Å². The Bertz CT molecular complexity index is 1450. The molecule has 20 nitrogen and oxygen atoms in total. The van der Waals surface area contributed by atoms with Crippen LogP contribution in [0.3, 0.4) is 0 Å². The molecule has 1 aliphatic rings. The Morgan fingerprint density at radius 1 is 1.14 bits per heavy atom. The molecule has 3 rings (SSSR count). The van der Waals surface area contributed by atoms with E-state index < -0.39 is 97.9 Å². The van der Waals surface area contributed by atoms with Crippen LogP contribution in [0.25, 0.3) is 11.2 Å². The fraction of sp³-hybridized carbons (Fsp3) is 0.522. The SMILES string of the molecule is CC(C)C(=O)Nc1nc2c(ncn2[C@H]2C[C@H](OC(=O)NCC(=O)O)[C@@H](COC(=O)NC(CCC(=O)O)C(=O)O)O2)c(=O)[nH]1. The van der Waals surface area contributed by atoms with E-state index in [0.717, 1.165) is 0 Å². The van der Waals surface area contributed by atoms with Gasteiger partial charge in [-0.2, -0.15) is 4.98 Å². The molecule has 0 radical (unpaired) electrons. The van der Waals surface area contributed by atoms with Crippen molar-refractivity contribution in [1.82, 2.24) is 30.2 Å². The van der Waals surface area contributed by atoms with Crippen LogP contribution < -0.4 is 21.5 Å².